The Labute approximate surface area is 176 Å². The number of hydrogen-bond donors (Lipinski definition) is 1. The first kappa shape index (κ1) is 19.3. The molecule has 0 saturated carbocycles. The van der Waals surface area contributed by atoms with Crippen LogP contribution in [0, 0.1) is 0 Å². The van der Waals surface area contributed by atoms with Gasteiger partial charge < -0.3 is 5.11 Å². The molecule has 146 valence electrons. The lowest BCUT2D eigenvalue weighted by Crippen LogP contribution is -2.05. The van der Waals surface area contributed by atoms with Gasteiger partial charge in [0.25, 0.3) is 0 Å². The first-order valence-electron chi connectivity index (χ1n) is 9.68. The van der Waals surface area contributed by atoms with E-state index < -0.39 is 0 Å². The SMILES string of the molecule is C=C1C=C(N=Cc2cc(-c3ccccc3)c(O)c(-c3ccccc3)c2)C=C(C)C1=O. The fourth-order valence-electron chi connectivity index (χ4n) is 3.46. The molecule has 0 radical (unpaired) electrons. The summed E-state index contributed by atoms with van der Waals surface area (Å²) in [4.78, 5) is 16.4. The van der Waals surface area contributed by atoms with Crippen LogP contribution in [-0.4, -0.2) is 17.1 Å². The van der Waals surface area contributed by atoms with E-state index in [4.69, 9.17) is 0 Å². The monoisotopic (exact) mass is 391 g/mol. The van der Waals surface area contributed by atoms with E-state index in [2.05, 4.69) is 11.6 Å². The van der Waals surface area contributed by atoms with Crippen molar-refractivity contribution in [1.82, 2.24) is 0 Å². The van der Waals surface area contributed by atoms with E-state index in [-0.39, 0.29) is 11.5 Å². The van der Waals surface area contributed by atoms with Gasteiger partial charge >= 0.3 is 0 Å². The van der Waals surface area contributed by atoms with E-state index in [9.17, 15) is 9.90 Å². The topological polar surface area (TPSA) is 49.7 Å². The molecule has 0 aliphatic heterocycles. The third kappa shape index (κ3) is 3.91. The van der Waals surface area contributed by atoms with Gasteiger partial charge in [-0.25, -0.2) is 0 Å². The molecule has 0 heterocycles. The minimum atomic E-state index is -0.0590. The Bertz CT molecular complexity index is 1160. The van der Waals surface area contributed by atoms with Crippen molar-refractivity contribution in [2.75, 3.05) is 0 Å². The predicted molar refractivity (Wildman–Crippen MR) is 123 cm³/mol. The van der Waals surface area contributed by atoms with E-state index in [1.807, 2.05) is 72.8 Å². The smallest absolute Gasteiger partial charge is 0.188 e. The zero-order valence-electron chi connectivity index (χ0n) is 16.7. The van der Waals surface area contributed by atoms with Gasteiger partial charge in [0.05, 0.1) is 5.70 Å². The average molecular weight is 391 g/mol. The molecule has 0 unspecified atom stereocenters. The molecule has 30 heavy (non-hydrogen) atoms. The van der Waals surface area contributed by atoms with Crippen LogP contribution in [0.1, 0.15) is 12.5 Å². The fraction of sp³-hybridized carbons (Fsp3) is 0.0370. The largest absolute Gasteiger partial charge is 0.507 e. The molecule has 0 atom stereocenters. The number of ketones is 1. The second-order valence-electron chi connectivity index (χ2n) is 7.21. The summed E-state index contributed by atoms with van der Waals surface area (Å²) in [7, 11) is 0. The van der Waals surface area contributed by atoms with Crippen LogP contribution in [0.2, 0.25) is 0 Å². The van der Waals surface area contributed by atoms with Gasteiger partial charge in [0.15, 0.2) is 5.78 Å². The van der Waals surface area contributed by atoms with Crippen molar-refractivity contribution in [3.63, 3.8) is 0 Å². The van der Waals surface area contributed by atoms with Crippen molar-refractivity contribution in [3.8, 4) is 28.0 Å². The highest BCUT2D eigenvalue weighted by Crippen LogP contribution is 2.39. The number of aromatic hydroxyl groups is 1. The second-order valence-corrected chi connectivity index (χ2v) is 7.21. The highest BCUT2D eigenvalue weighted by molar-refractivity contribution is 6.11. The predicted octanol–water partition coefficient (Wildman–Crippen LogP) is 6.11. The summed E-state index contributed by atoms with van der Waals surface area (Å²) in [6.45, 7) is 5.56. The maximum Gasteiger partial charge on any atom is 0.188 e. The lowest BCUT2D eigenvalue weighted by Gasteiger charge is -2.13. The van der Waals surface area contributed by atoms with Gasteiger partial charge in [0.2, 0.25) is 0 Å². The molecule has 1 aliphatic rings. The number of aliphatic imine (C=N–C) groups is 1. The average Bonchev–Trinajstić information content (AvgIpc) is 2.77. The van der Waals surface area contributed by atoms with Crippen LogP contribution >= 0.6 is 0 Å². The van der Waals surface area contributed by atoms with Crippen LogP contribution in [-0.2, 0) is 4.79 Å². The van der Waals surface area contributed by atoms with Gasteiger partial charge in [-0.1, -0.05) is 67.2 Å². The summed E-state index contributed by atoms with van der Waals surface area (Å²) < 4.78 is 0. The van der Waals surface area contributed by atoms with E-state index >= 15 is 0 Å². The minimum absolute atomic E-state index is 0.0590. The van der Waals surface area contributed by atoms with E-state index in [1.165, 1.54) is 0 Å². The number of carbonyl (C=O) groups excluding carboxylic acids is 1. The molecular formula is C27H21NO2. The third-order valence-electron chi connectivity index (χ3n) is 5.00. The first-order valence-corrected chi connectivity index (χ1v) is 9.68. The Morgan fingerprint density at radius 1 is 0.867 bits per heavy atom. The van der Waals surface area contributed by atoms with Crippen molar-refractivity contribution in [2.45, 2.75) is 6.92 Å². The van der Waals surface area contributed by atoms with Crippen molar-refractivity contribution in [3.05, 3.63) is 114 Å². The molecule has 3 aromatic rings. The maximum absolute atomic E-state index is 11.9. The lowest BCUT2D eigenvalue weighted by molar-refractivity contribution is -0.112. The second kappa shape index (κ2) is 8.18. The number of phenolic OH excluding ortho intramolecular Hbond substituents is 1. The van der Waals surface area contributed by atoms with E-state index in [0.29, 0.717) is 16.8 Å². The summed E-state index contributed by atoms with van der Waals surface area (Å²) in [6, 6.07) is 23.4. The number of hydrogen-bond acceptors (Lipinski definition) is 3. The Morgan fingerprint density at radius 3 is 1.90 bits per heavy atom. The molecule has 0 bridgehead atoms. The van der Waals surface area contributed by atoms with Gasteiger partial charge in [0.1, 0.15) is 5.75 Å². The Balaban J connectivity index is 1.81. The molecule has 3 nitrogen and oxygen atoms in total. The zero-order valence-corrected chi connectivity index (χ0v) is 16.7. The van der Waals surface area contributed by atoms with Crippen LogP contribution in [0.4, 0.5) is 0 Å². The van der Waals surface area contributed by atoms with Crippen LogP contribution in [0.25, 0.3) is 22.3 Å². The molecular weight excluding hydrogens is 370 g/mol. The van der Waals surface area contributed by atoms with Gasteiger partial charge in [-0.05, 0) is 53.5 Å². The van der Waals surface area contributed by atoms with Crippen LogP contribution in [0.15, 0.2) is 113 Å². The lowest BCUT2D eigenvalue weighted by atomic mass is 9.94. The number of nitrogens with zero attached hydrogens (tertiary/aromatic N) is 1. The quantitative estimate of drug-likeness (QED) is 0.431. The summed E-state index contributed by atoms with van der Waals surface area (Å²) in [5.41, 5.74) is 5.90. The molecule has 1 N–H and O–H groups in total. The van der Waals surface area contributed by atoms with E-state index in [0.717, 1.165) is 27.8 Å². The van der Waals surface area contributed by atoms with Gasteiger partial charge in [-0.15, -0.1) is 0 Å². The Hall–Kier alpha value is -3.98. The molecule has 0 fully saturated rings. The fourth-order valence-corrected chi connectivity index (χ4v) is 3.46. The molecule has 0 amide bonds. The highest BCUT2D eigenvalue weighted by atomic mass is 16.3. The Morgan fingerprint density at radius 2 is 1.40 bits per heavy atom. The summed E-state index contributed by atoms with van der Waals surface area (Å²) in [5, 5.41) is 11.0. The zero-order chi connectivity index (χ0) is 21.1. The first-order chi connectivity index (χ1) is 14.5. The highest BCUT2D eigenvalue weighted by Gasteiger charge is 2.15. The molecule has 0 spiro atoms. The van der Waals surface area contributed by atoms with Crippen LogP contribution in [0.3, 0.4) is 0 Å². The standard InChI is InChI=1S/C27H21NO2/c1-18-13-23(14-19(2)26(18)29)28-17-20-15-24(21-9-5-3-6-10-21)27(30)25(16-20)22-11-7-4-8-12-22/h3-17,30H,1H2,2H3. The number of allylic oxidation sites excluding steroid dienone is 4. The number of phenols is 1. The molecule has 1 aliphatic carbocycles. The number of Topliss-reactive ketones (excluding diaryl/α,β-unsaturated/α-hetero) is 1. The van der Waals surface area contributed by atoms with Gasteiger partial charge in [-0.2, -0.15) is 0 Å². The summed E-state index contributed by atoms with van der Waals surface area (Å²) in [6.07, 6.45) is 5.18. The number of benzene rings is 3. The van der Waals surface area contributed by atoms with Crippen molar-refractivity contribution < 1.29 is 9.90 Å². The number of carbonyl (C=O) groups is 1. The van der Waals surface area contributed by atoms with Crippen LogP contribution in [0.5, 0.6) is 5.75 Å². The maximum atomic E-state index is 11.9. The molecule has 0 saturated heterocycles. The molecule has 3 heteroatoms. The molecule has 0 aromatic heterocycles. The number of rotatable bonds is 4. The van der Waals surface area contributed by atoms with Gasteiger partial charge in [-0.3, -0.25) is 9.79 Å². The van der Waals surface area contributed by atoms with Crippen molar-refractivity contribution in [2.24, 2.45) is 4.99 Å². The molecule has 4 rings (SSSR count). The molecule has 3 aromatic carbocycles. The van der Waals surface area contributed by atoms with Crippen molar-refractivity contribution >= 4 is 12.0 Å². The van der Waals surface area contributed by atoms with Gasteiger partial charge in [0, 0.05) is 22.9 Å². The van der Waals surface area contributed by atoms with Crippen LogP contribution < -0.4 is 0 Å². The normalized spacial score (nSPS) is 14.0. The van der Waals surface area contributed by atoms with E-state index in [1.54, 1.807) is 25.3 Å². The van der Waals surface area contributed by atoms with Crippen molar-refractivity contribution in [1.29, 1.82) is 0 Å². The summed E-state index contributed by atoms with van der Waals surface area (Å²) >= 11 is 0. The Kier molecular flexibility index (Phi) is 5.27. The summed E-state index contributed by atoms with van der Waals surface area (Å²) in [5.74, 6) is 0.174. The third-order valence-corrected chi connectivity index (χ3v) is 5.00. The minimum Gasteiger partial charge on any atom is -0.507 e.